The van der Waals surface area contributed by atoms with E-state index in [1.807, 2.05) is 26.0 Å². The highest BCUT2D eigenvalue weighted by atomic mass is 35.5. The van der Waals surface area contributed by atoms with Crippen molar-refractivity contribution in [3.8, 4) is 0 Å². The normalized spacial score (nSPS) is 12.0. The Hall–Kier alpha value is -1.20. The van der Waals surface area contributed by atoms with E-state index in [0.717, 1.165) is 17.3 Å². The number of benzene rings is 1. The van der Waals surface area contributed by atoms with E-state index >= 15 is 0 Å². The highest BCUT2D eigenvalue weighted by Crippen LogP contribution is 2.17. The number of thioether (sulfide) groups is 1. The van der Waals surface area contributed by atoms with Crippen LogP contribution >= 0.6 is 23.4 Å². The average Bonchev–Trinajstić information content (AvgIpc) is 2.44. The number of esters is 1. The molecule has 0 aliphatic rings. The van der Waals surface area contributed by atoms with Gasteiger partial charge < -0.3 is 10.1 Å². The summed E-state index contributed by atoms with van der Waals surface area (Å²) in [6, 6.07) is 6.69. The molecule has 1 rings (SSSR count). The molecule has 1 atom stereocenters. The van der Waals surface area contributed by atoms with Gasteiger partial charge in [-0.05, 0) is 30.5 Å². The molecule has 0 aliphatic carbocycles. The lowest BCUT2D eigenvalue weighted by Crippen LogP contribution is -2.43. The van der Waals surface area contributed by atoms with Crippen LogP contribution in [0.2, 0.25) is 5.02 Å². The standard InChI is InChI=1S/C15H20ClNO3S/c1-4-20-14(18)13(10(2)3)17-15(19)21-9-11-5-7-12(16)8-6-11/h5-8,10,13H,4,9H2,1-3H3,(H,17,19)/t13-/m0/s1. The Balaban J connectivity index is 2.50. The quantitative estimate of drug-likeness (QED) is 0.805. The Morgan fingerprint density at radius 1 is 1.29 bits per heavy atom. The molecule has 0 heterocycles. The zero-order chi connectivity index (χ0) is 15.8. The number of nitrogens with one attached hydrogen (secondary N) is 1. The number of hydrogen-bond donors (Lipinski definition) is 1. The number of halogens is 1. The molecular formula is C15H20ClNO3S. The first kappa shape index (κ1) is 17.9. The van der Waals surface area contributed by atoms with E-state index in [9.17, 15) is 9.59 Å². The van der Waals surface area contributed by atoms with Gasteiger partial charge in [0.2, 0.25) is 0 Å². The van der Waals surface area contributed by atoms with Crippen molar-refractivity contribution in [2.75, 3.05) is 6.61 Å². The summed E-state index contributed by atoms with van der Waals surface area (Å²) in [5, 5.41) is 3.13. The van der Waals surface area contributed by atoms with Gasteiger partial charge in [0.1, 0.15) is 6.04 Å². The minimum absolute atomic E-state index is 0.0240. The number of carbonyl (C=O) groups is 2. The van der Waals surface area contributed by atoms with Crippen molar-refractivity contribution in [2.45, 2.75) is 32.6 Å². The third kappa shape index (κ3) is 6.40. The van der Waals surface area contributed by atoms with Crippen LogP contribution < -0.4 is 5.32 Å². The summed E-state index contributed by atoms with van der Waals surface area (Å²) in [5.41, 5.74) is 0.997. The first-order valence-corrected chi connectivity index (χ1v) is 8.14. The van der Waals surface area contributed by atoms with Gasteiger partial charge in [-0.1, -0.05) is 49.3 Å². The first-order chi connectivity index (χ1) is 9.93. The number of carbonyl (C=O) groups excluding carboxylic acids is 2. The monoisotopic (exact) mass is 329 g/mol. The molecule has 21 heavy (non-hydrogen) atoms. The SMILES string of the molecule is CCOC(=O)[C@@H](NC(=O)SCc1ccc(Cl)cc1)C(C)C. The van der Waals surface area contributed by atoms with Crippen LogP contribution in [-0.2, 0) is 15.3 Å². The third-order valence-corrected chi connectivity index (χ3v) is 3.87. The second kappa shape index (κ2) is 8.95. The minimum Gasteiger partial charge on any atom is -0.464 e. The maximum atomic E-state index is 11.9. The van der Waals surface area contributed by atoms with Crippen LogP contribution in [0, 0.1) is 5.92 Å². The molecular weight excluding hydrogens is 310 g/mol. The van der Waals surface area contributed by atoms with Gasteiger partial charge in [0, 0.05) is 10.8 Å². The van der Waals surface area contributed by atoms with Crippen LogP contribution in [0.25, 0.3) is 0 Å². The van der Waals surface area contributed by atoms with Gasteiger partial charge in [0.05, 0.1) is 6.61 Å². The summed E-state index contributed by atoms with van der Waals surface area (Å²) in [5.74, 6) is 0.105. The number of hydrogen-bond acceptors (Lipinski definition) is 4. The van der Waals surface area contributed by atoms with Crippen LogP contribution in [0.15, 0.2) is 24.3 Å². The van der Waals surface area contributed by atoms with E-state index in [0.29, 0.717) is 17.4 Å². The smallest absolute Gasteiger partial charge is 0.328 e. The molecule has 0 radical (unpaired) electrons. The second-order valence-electron chi connectivity index (χ2n) is 4.82. The fourth-order valence-corrected chi connectivity index (χ4v) is 2.45. The Labute approximate surface area is 134 Å². The predicted octanol–water partition coefficient (Wildman–Crippen LogP) is 3.87. The molecule has 1 N–H and O–H groups in total. The molecule has 0 aromatic heterocycles. The Morgan fingerprint density at radius 2 is 1.90 bits per heavy atom. The van der Waals surface area contributed by atoms with E-state index in [2.05, 4.69) is 5.32 Å². The molecule has 6 heteroatoms. The van der Waals surface area contributed by atoms with Crippen molar-refractivity contribution in [1.29, 1.82) is 0 Å². The molecule has 1 aromatic carbocycles. The zero-order valence-corrected chi connectivity index (χ0v) is 14.0. The molecule has 0 bridgehead atoms. The molecule has 1 amide bonds. The molecule has 0 saturated heterocycles. The fraction of sp³-hybridized carbons (Fsp3) is 0.467. The summed E-state index contributed by atoms with van der Waals surface area (Å²) >= 11 is 6.92. The van der Waals surface area contributed by atoms with Crippen molar-refractivity contribution >= 4 is 34.6 Å². The van der Waals surface area contributed by atoms with Crippen LogP contribution in [0.4, 0.5) is 4.79 Å². The van der Waals surface area contributed by atoms with Crippen molar-refractivity contribution in [2.24, 2.45) is 5.92 Å². The highest BCUT2D eigenvalue weighted by Gasteiger charge is 2.25. The summed E-state index contributed by atoms with van der Waals surface area (Å²) in [4.78, 5) is 23.7. The van der Waals surface area contributed by atoms with Crippen molar-refractivity contribution in [3.63, 3.8) is 0 Å². The Morgan fingerprint density at radius 3 is 2.43 bits per heavy atom. The molecule has 0 aliphatic heterocycles. The van der Waals surface area contributed by atoms with Gasteiger partial charge in [-0.25, -0.2) is 4.79 Å². The van der Waals surface area contributed by atoms with E-state index in [-0.39, 0.29) is 11.2 Å². The summed E-state index contributed by atoms with van der Waals surface area (Å²) < 4.78 is 4.96. The topological polar surface area (TPSA) is 55.4 Å². The van der Waals surface area contributed by atoms with Crippen LogP contribution in [-0.4, -0.2) is 23.9 Å². The fourth-order valence-electron chi connectivity index (χ4n) is 1.63. The van der Waals surface area contributed by atoms with E-state index < -0.39 is 12.0 Å². The predicted molar refractivity (Wildman–Crippen MR) is 86.5 cm³/mol. The van der Waals surface area contributed by atoms with E-state index in [4.69, 9.17) is 16.3 Å². The van der Waals surface area contributed by atoms with Crippen LogP contribution in [0.1, 0.15) is 26.3 Å². The van der Waals surface area contributed by atoms with Gasteiger partial charge >= 0.3 is 5.97 Å². The maximum absolute atomic E-state index is 11.9. The van der Waals surface area contributed by atoms with Gasteiger partial charge in [0.15, 0.2) is 0 Å². The highest BCUT2D eigenvalue weighted by molar-refractivity contribution is 8.12. The molecule has 0 unspecified atom stereocenters. The molecule has 0 saturated carbocycles. The van der Waals surface area contributed by atoms with Gasteiger partial charge in [-0.15, -0.1) is 0 Å². The van der Waals surface area contributed by atoms with E-state index in [1.165, 1.54) is 0 Å². The lowest BCUT2D eigenvalue weighted by atomic mass is 10.1. The Kier molecular flexibility index (Phi) is 7.61. The van der Waals surface area contributed by atoms with Gasteiger partial charge in [0.25, 0.3) is 5.24 Å². The second-order valence-corrected chi connectivity index (χ2v) is 6.21. The van der Waals surface area contributed by atoms with Crippen LogP contribution in [0.3, 0.4) is 0 Å². The summed E-state index contributed by atoms with van der Waals surface area (Å²) in [6.07, 6.45) is 0. The summed E-state index contributed by atoms with van der Waals surface area (Å²) in [6.45, 7) is 5.78. The molecule has 1 aromatic rings. The summed E-state index contributed by atoms with van der Waals surface area (Å²) in [7, 11) is 0. The van der Waals surface area contributed by atoms with Crippen molar-refractivity contribution in [3.05, 3.63) is 34.9 Å². The minimum atomic E-state index is -0.616. The van der Waals surface area contributed by atoms with Crippen molar-refractivity contribution < 1.29 is 14.3 Å². The Bertz CT molecular complexity index is 476. The lowest BCUT2D eigenvalue weighted by Gasteiger charge is -2.20. The van der Waals surface area contributed by atoms with Crippen molar-refractivity contribution in [1.82, 2.24) is 5.32 Å². The molecule has 4 nitrogen and oxygen atoms in total. The molecule has 0 spiro atoms. The van der Waals surface area contributed by atoms with Gasteiger partial charge in [-0.2, -0.15) is 0 Å². The number of ether oxygens (including phenoxy) is 1. The first-order valence-electron chi connectivity index (χ1n) is 6.78. The zero-order valence-electron chi connectivity index (χ0n) is 12.4. The largest absolute Gasteiger partial charge is 0.464 e. The number of amides is 1. The molecule has 116 valence electrons. The van der Waals surface area contributed by atoms with Crippen LogP contribution in [0.5, 0.6) is 0 Å². The average molecular weight is 330 g/mol. The maximum Gasteiger partial charge on any atom is 0.328 e. The lowest BCUT2D eigenvalue weighted by molar-refractivity contribution is -0.146. The van der Waals surface area contributed by atoms with E-state index in [1.54, 1.807) is 19.1 Å². The molecule has 0 fully saturated rings. The number of rotatable bonds is 6. The third-order valence-electron chi connectivity index (χ3n) is 2.76. The van der Waals surface area contributed by atoms with Gasteiger partial charge in [-0.3, -0.25) is 4.79 Å².